The first-order valence-electron chi connectivity index (χ1n) is 8.36. The van der Waals surface area contributed by atoms with E-state index in [1.165, 1.54) is 22.9 Å². The Morgan fingerprint density at radius 3 is 2.61 bits per heavy atom. The van der Waals surface area contributed by atoms with Crippen LogP contribution >= 0.6 is 0 Å². The van der Waals surface area contributed by atoms with Crippen LogP contribution in [0.5, 0.6) is 11.5 Å². The molecule has 5 heteroatoms. The molecule has 0 radical (unpaired) electrons. The van der Waals surface area contributed by atoms with Crippen molar-refractivity contribution in [3.05, 3.63) is 23.9 Å². The lowest BCUT2D eigenvalue weighted by Crippen LogP contribution is -2.43. The standard InChI is InChI=1S/C18H27N3O2/c1-20-13-14(5-4-8-21-9-6-19-7-10-21)18-16(20)11-15(22-2)12-17(18)23-3/h11-13,19H,4-10H2,1-3H3. The number of aromatic nitrogens is 1. The van der Waals surface area contributed by atoms with Gasteiger partial charge in [0.05, 0.1) is 19.7 Å². The quantitative estimate of drug-likeness (QED) is 0.885. The number of nitrogens with one attached hydrogen (secondary N) is 1. The van der Waals surface area contributed by atoms with Crippen molar-refractivity contribution in [3.63, 3.8) is 0 Å². The van der Waals surface area contributed by atoms with Crippen molar-refractivity contribution >= 4 is 10.9 Å². The normalized spacial score (nSPS) is 16.0. The van der Waals surface area contributed by atoms with Gasteiger partial charge in [-0.25, -0.2) is 0 Å². The van der Waals surface area contributed by atoms with E-state index >= 15 is 0 Å². The molecule has 1 aromatic carbocycles. The number of nitrogens with zero attached hydrogens (tertiary/aromatic N) is 2. The number of rotatable bonds is 6. The predicted molar refractivity (Wildman–Crippen MR) is 93.7 cm³/mol. The van der Waals surface area contributed by atoms with Crippen LogP contribution in [0.15, 0.2) is 18.3 Å². The van der Waals surface area contributed by atoms with Crippen molar-refractivity contribution < 1.29 is 9.47 Å². The van der Waals surface area contributed by atoms with E-state index in [0.717, 1.165) is 50.6 Å². The van der Waals surface area contributed by atoms with Gasteiger partial charge in [0.2, 0.25) is 0 Å². The fraction of sp³-hybridized carbons (Fsp3) is 0.556. The Morgan fingerprint density at radius 2 is 1.91 bits per heavy atom. The van der Waals surface area contributed by atoms with E-state index < -0.39 is 0 Å². The molecule has 23 heavy (non-hydrogen) atoms. The van der Waals surface area contributed by atoms with Gasteiger partial charge in [-0.05, 0) is 24.9 Å². The Labute approximate surface area is 138 Å². The van der Waals surface area contributed by atoms with Crippen molar-refractivity contribution in [2.75, 3.05) is 46.9 Å². The van der Waals surface area contributed by atoms with Crippen LogP contribution in [-0.2, 0) is 13.5 Å². The van der Waals surface area contributed by atoms with Gasteiger partial charge >= 0.3 is 0 Å². The predicted octanol–water partition coefficient (Wildman–Crippen LogP) is 2.03. The van der Waals surface area contributed by atoms with Crippen LogP contribution < -0.4 is 14.8 Å². The SMILES string of the molecule is COc1cc(OC)c2c(CCCN3CCNCC3)cn(C)c2c1. The van der Waals surface area contributed by atoms with Crippen LogP contribution in [-0.4, -0.2) is 56.4 Å². The summed E-state index contributed by atoms with van der Waals surface area (Å²) in [5, 5.41) is 4.62. The summed E-state index contributed by atoms with van der Waals surface area (Å²) >= 11 is 0. The molecule has 5 nitrogen and oxygen atoms in total. The van der Waals surface area contributed by atoms with Crippen LogP contribution in [0, 0.1) is 0 Å². The van der Waals surface area contributed by atoms with E-state index in [1.54, 1.807) is 14.2 Å². The van der Waals surface area contributed by atoms with Crippen LogP contribution in [0.3, 0.4) is 0 Å². The second kappa shape index (κ2) is 7.23. The molecule has 1 aliphatic heterocycles. The fourth-order valence-electron chi connectivity index (χ4n) is 3.44. The number of hydrogen-bond donors (Lipinski definition) is 1. The maximum atomic E-state index is 5.61. The average Bonchev–Trinajstić information content (AvgIpc) is 2.91. The van der Waals surface area contributed by atoms with Crippen molar-refractivity contribution in [1.82, 2.24) is 14.8 Å². The fourth-order valence-corrected chi connectivity index (χ4v) is 3.44. The second-order valence-electron chi connectivity index (χ2n) is 6.18. The molecule has 0 aliphatic carbocycles. The number of fused-ring (bicyclic) bond motifs is 1. The van der Waals surface area contributed by atoms with E-state index in [2.05, 4.69) is 34.1 Å². The zero-order valence-corrected chi connectivity index (χ0v) is 14.4. The van der Waals surface area contributed by atoms with Gasteiger partial charge in [-0.1, -0.05) is 0 Å². The Hall–Kier alpha value is -1.72. The Kier molecular flexibility index (Phi) is 5.08. The smallest absolute Gasteiger partial charge is 0.132 e. The summed E-state index contributed by atoms with van der Waals surface area (Å²) in [5.74, 6) is 1.74. The summed E-state index contributed by atoms with van der Waals surface area (Å²) < 4.78 is 13.2. The third-order valence-corrected chi connectivity index (χ3v) is 4.69. The largest absolute Gasteiger partial charge is 0.497 e. The summed E-state index contributed by atoms with van der Waals surface area (Å²) in [5.41, 5.74) is 2.52. The molecule has 0 spiro atoms. The molecule has 1 aromatic heterocycles. The minimum absolute atomic E-state index is 0.836. The van der Waals surface area contributed by atoms with E-state index in [9.17, 15) is 0 Å². The van der Waals surface area contributed by atoms with Crippen LogP contribution in [0.1, 0.15) is 12.0 Å². The number of aryl methyl sites for hydroxylation is 2. The van der Waals surface area contributed by atoms with Crippen molar-refractivity contribution in [1.29, 1.82) is 0 Å². The van der Waals surface area contributed by atoms with Gasteiger partial charge < -0.3 is 24.3 Å². The summed E-state index contributed by atoms with van der Waals surface area (Å²) in [4.78, 5) is 2.54. The second-order valence-corrected chi connectivity index (χ2v) is 6.18. The van der Waals surface area contributed by atoms with Gasteiger partial charge in [0.25, 0.3) is 0 Å². The highest BCUT2D eigenvalue weighted by atomic mass is 16.5. The molecule has 1 fully saturated rings. The molecule has 126 valence electrons. The molecule has 1 N–H and O–H groups in total. The molecule has 0 saturated carbocycles. The van der Waals surface area contributed by atoms with Gasteiger partial charge in [-0.15, -0.1) is 0 Å². The lowest BCUT2D eigenvalue weighted by molar-refractivity contribution is 0.238. The van der Waals surface area contributed by atoms with Gasteiger partial charge in [0.1, 0.15) is 11.5 Å². The third-order valence-electron chi connectivity index (χ3n) is 4.69. The highest BCUT2D eigenvalue weighted by molar-refractivity contribution is 5.91. The molecule has 2 aromatic rings. The topological polar surface area (TPSA) is 38.7 Å². The number of methoxy groups -OCH3 is 2. The van der Waals surface area contributed by atoms with Crippen molar-refractivity contribution in [2.24, 2.45) is 7.05 Å². The lowest BCUT2D eigenvalue weighted by atomic mass is 10.1. The van der Waals surface area contributed by atoms with E-state index in [0.29, 0.717) is 0 Å². The minimum atomic E-state index is 0.836. The van der Waals surface area contributed by atoms with Gasteiger partial charge in [-0.2, -0.15) is 0 Å². The minimum Gasteiger partial charge on any atom is -0.497 e. The summed E-state index contributed by atoms with van der Waals surface area (Å²) in [6.45, 7) is 5.71. The molecule has 0 unspecified atom stereocenters. The van der Waals surface area contributed by atoms with Crippen LogP contribution in [0.4, 0.5) is 0 Å². The van der Waals surface area contributed by atoms with Crippen molar-refractivity contribution in [3.8, 4) is 11.5 Å². The summed E-state index contributed by atoms with van der Waals surface area (Å²) in [6.07, 6.45) is 4.47. The number of benzene rings is 1. The Bertz CT molecular complexity index is 660. The van der Waals surface area contributed by atoms with Crippen LogP contribution in [0.25, 0.3) is 10.9 Å². The summed E-state index contributed by atoms with van der Waals surface area (Å²) in [7, 11) is 5.50. The molecule has 0 amide bonds. The number of hydrogen-bond acceptors (Lipinski definition) is 4. The highest BCUT2D eigenvalue weighted by Gasteiger charge is 2.15. The van der Waals surface area contributed by atoms with E-state index in [1.807, 2.05) is 6.07 Å². The molecular formula is C18H27N3O2. The summed E-state index contributed by atoms with van der Waals surface area (Å²) in [6, 6.07) is 4.06. The van der Waals surface area contributed by atoms with Crippen molar-refractivity contribution in [2.45, 2.75) is 12.8 Å². The maximum absolute atomic E-state index is 5.61. The molecule has 3 rings (SSSR count). The number of piperazine rings is 1. The Morgan fingerprint density at radius 1 is 1.13 bits per heavy atom. The van der Waals surface area contributed by atoms with E-state index in [4.69, 9.17) is 9.47 Å². The number of ether oxygens (including phenoxy) is 2. The zero-order valence-electron chi connectivity index (χ0n) is 14.4. The van der Waals surface area contributed by atoms with Gasteiger partial charge in [0, 0.05) is 56.9 Å². The van der Waals surface area contributed by atoms with Crippen LogP contribution in [0.2, 0.25) is 0 Å². The average molecular weight is 317 g/mol. The molecule has 0 atom stereocenters. The van der Waals surface area contributed by atoms with E-state index in [-0.39, 0.29) is 0 Å². The zero-order chi connectivity index (χ0) is 16.2. The Balaban J connectivity index is 1.77. The first kappa shape index (κ1) is 16.1. The molecule has 2 heterocycles. The highest BCUT2D eigenvalue weighted by Crippen LogP contribution is 2.35. The molecular weight excluding hydrogens is 290 g/mol. The molecule has 0 bridgehead atoms. The first-order valence-corrected chi connectivity index (χ1v) is 8.36. The maximum Gasteiger partial charge on any atom is 0.132 e. The molecule has 1 saturated heterocycles. The van der Waals surface area contributed by atoms with Gasteiger partial charge in [-0.3, -0.25) is 0 Å². The lowest BCUT2D eigenvalue weighted by Gasteiger charge is -2.27. The van der Waals surface area contributed by atoms with Gasteiger partial charge in [0.15, 0.2) is 0 Å². The monoisotopic (exact) mass is 317 g/mol. The third kappa shape index (κ3) is 3.46. The first-order chi connectivity index (χ1) is 11.2. The molecule has 1 aliphatic rings.